The number of hydrogen-bond donors (Lipinski definition) is 1. The first kappa shape index (κ1) is 10.3. The van der Waals surface area contributed by atoms with Gasteiger partial charge in [-0.15, -0.1) is 0 Å². The lowest BCUT2D eigenvalue weighted by Crippen LogP contribution is -2.23. The molecule has 1 aromatic rings. The number of nitrogens with two attached hydrogens (primary N) is 1. The van der Waals surface area contributed by atoms with Gasteiger partial charge in [-0.05, 0) is 31.0 Å². The third-order valence-electron chi connectivity index (χ3n) is 1.98. The van der Waals surface area contributed by atoms with Crippen LogP contribution in [0.1, 0.15) is 12.5 Å². The van der Waals surface area contributed by atoms with E-state index in [0.29, 0.717) is 0 Å². The summed E-state index contributed by atoms with van der Waals surface area (Å²) >= 11 is 5.84. The Morgan fingerprint density at radius 3 is 2.85 bits per heavy atom. The molecule has 1 rings (SSSR count). The summed E-state index contributed by atoms with van der Waals surface area (Å²) in [5.41, 5.74) is 8.01. The van der Waals surface area contributed by atoms with Crippen LogP contribution in [0, 0.1) is 0 Å². The molecule has 1 atom stereocenters. The molecule has 0 radical (unpaired) electrons. The molecule has 1 aromatic carbocycles. The third-order valence-corrected chi connectivity index (χ3v) is 2.21. The van der Waals surface area contributed by atoms with E-state index in [2.05, 4.69) is 6.58 Å². The van der Waals surface area contributed by atoms with Crippen molar-refractivity contribution in [3.8, 4) is 0 Å². The molecule has 0 bridgehead atoms. The Kier molecular flexibility index (Phi) is 3.52. The molecule has 2 N–H and O–H groups in total. The molecule has 0 spiro atoms. The van der Waals surface area contributed by atoms with Crippen LogP contribution in [0.15, 0.2) is 36.4 Å². The monoisotopic (exact) mass is 195 g/mol. The maximum Gasteiger partial charge on any atom is 0.0408 e. The zero-order valence-electron chi connectivity index (χ0n) is 7.76. The summed E-state index contributed by atoms with van der Waals surface area (Å²) in [6, 6.07) is 7.78. The van der Waals surface area contributed by atoms with Gasteiger partial charge in [0.15, 0.2) is 0 Å². The lowest BCUT2D eigenvalue weighted by molar-refractivity contribution is 0.767. The highest BCUT2D eigenvalue weighted by Crippen LogP contribution is 2.13. The van der Waals surface area contributed by atoms with Crippen LogP contribution >= 0.6 is 11.6 Å². The molecule has 0 aliphatic heterocycles. The lowest BCUT2D eigenvalue weighted by atomic mass is 10.0. The summed E-state index contributed by atoms with van der Waals surface area (Å²) in [5, 5.41) is 0.756. The summed E-state index contributed by atoms with van der Waals surface area (Å²) in [7, 11) is 0. The Morgan fingerprint density at radius 1 is 1.62 bits per heavy atom. The van der Waals surface area contributed by atoms with Crippen molar-refractivity contribution in [3.05, 3.63) is 47.0 Å². The Bertz CT molecular complexity index is 307. The second kappa shape index (κ2) is 4.45. The number of halogens is 1. The van der Waals surface area contributed by atoms with Gasteiger partial charge in [0.2, 0.25) is 0 Å². The fraction of sp³-hybridized carbons (Fsp3) is 0.273. The van der Waals surface area contributed by atoms with E-state index < -0.39 is 0 Å². The summed E-state index contributed by atoms with van der Waals surface area (Å²) in [6.07, 6.45) is 0.801. The Hall–Kier alpha value is -0.790. The SMILES string of the molecule is C=C(C)[C@H](N)Cc1cccc(Cl)c1. The van der Waals surface area contributed by atoms with Crippen LogP contribution in [0.3, 0.4) is 0 Å². The van der Waals surface area contributed by atoms with Gasteiger partial charge in [-0.1, -0.05) is 35.9 Å². The second-order valence-corrected chi connectivity index (χ2v) is 3.72. The van der Waals surface area contributed by atoms with Gasteiger partial charge in [-0.25, -0.2) is 0 Å². The molecule has 13 heavy (non-hydrogen) atoms. The van der Waals surface area contributed by atoms with Gasteiger partial charge in [0.05, 0.1) is 0 Å². The van der Waals surface area contributed by atoms with Crippen molar-refractivity contribution in [1.82, 2.24) is 0 Å². The smallest absolute Gasteiger partial charge is 0.0408 e. The first-order valence-corrected chi connectivity index (χ1v) is 4.63. The largest absolute Gasteiger partial charge is 0.324 e. The zero-order chi connectivity index (χ0) is 9.84. The maximum absolute atomic E-state index is 5.86. The number of hydrogen-bond acceptors (Lipinski definition) is 1. The minimum absolute atomic E-state index is 0.0264. The van der Waals surface area contributed by atoms with Crippen LogP contribution in [0.25, 0.3) is 0 Å². The number of benzene rings is 1. The van der Waals surface area contributed by atoms with Crippen LogP contribution in [0.2, 0.25) is 5.02 Å². The molecule has 0 amide bonds. The first-order valence-electron chi connectivity index (χ1n) is 4.25. The highest BCUT2D eigenvalue weighted by Gasteiger charge is 2.04. The Balaban J connectivity index is 2.69. The molecule has 0 aromatic heterocycles. The Labute approximate surface area is 84.2 Å². The van der Waals surface area contributed by atoms with Gasteiger partial charge < -0.3 is 5.73 Å². The topological polar surface area (TPSA) is 26.0 Å². The molecule has 0 fully saturated rings. The highest BCUT2D eigenvalue weighted by molar-refractivity contribution is 6.30. The van der Waals surface area contributed by atoms with E-state index in [1.165, 1.54) is 0 Å². The van der Waals surface area contributed by atoms with Gasteiger partial charge in [-0.2, -0.15) is 0 Å². The van der Waals surface area contributed by atoms with Gasteiger partial charge >= 0.3 is 0 Å². The first-order chi connectivity index (χ1) is 6.09. The fourth-order valence-electron chi connectivity index (χ4n) is 1.09. The molecule has 0 aliphatic rings. The van der Waals surface area contributed by atoms with Gasteiger partial charge in [0, 0.05) is 11.1 Å². The summed E-state index contributed by atoms with van der Waals surface area (Å²) in [4.78, 5) is 0. The molecule has 0 saturated carbocycles. The van der Waals surface area contributed by atoms with Crippen molar-refractivity contribution < 1.29 is 0 Å². The van der Waals surface area contributed by atoms with E-state index in [4.69, 9.17) is 17.3 Å². The fourth-order valence-corrected chi connectivity index (χ4v) is 1.30. The van der Waals surface area contributed by atoms with Crippen LogP contribution in [0.5, 0.6) is 0 Å². The lowest BCUT2D eigenvalue weighted by Gasteiger charge is -2.10. The minimum Gasteiger partial charge on any atom is -0.324 e. The average molecular weight is 196 g/mol. The van der Waals surface area contributed by atoms with E-state index in [0.717, 1.165) is 22.6 Å². The van der Waals surface area contributed by atoms with E-state index in [1.54, 1.807) is 0 Å². The molecule has 0 aliphatic carbocycles. The van der Waals surface area contributed by atoms with E-state index >= 15 is 0 Å². The van der Waals surface area contributed by atoms with Crippen LogP contribution in [0.4, 0.5) is 0 Å². The zero-order valence-corrected chi connectivity index (χ0v) is 8.51. The third kappa shape index (κ3) is 3.21. The molecule has 70 valence electrons. The summed E-state index contributed by atoms with van der Waals surface area (Å²) in [6.45, 7) is 5.76. The molecular weight excluding hydrogens is 182 g/mol. The van der Waals surface area contributed by atoms with Gasteiger partial charge in [0.25, 0.3) is 0 Å². The predicted octanol–water partition coefficient (Wildman–Crippen LogP) is 2.79. The molecular formula is C11H14ClN. The van der Waals surface area contributed by atoms with E-state index in [-0.39, 0.29) is 6.04 Å². The normalized spacial score (nSPS) is 12.5. The standard InChI is InChI=1S/C11H14ClN/c1-8(2)11(13)7-9-4-3-5-10(12)6-9/h3-6,11H,1,7,13H2,2H3/t11-/m1/s1. The summed E-state index contributed by atoms with van der Waals surface area (Å²) < 4.78 is 0. The van der Waals surface area contributed by atoms with Crippen LogP contribution in [-0.4, -0.2) is 6.04 Å². The van der Waals surface area contributed by atoms with Crippen molar-refractivity contribution in [3.63, 3.8) is 0 Å². The molecule has 0 heterocycles. The summed E-state index contributed by atoms with van der Waals surface area (Å²) in [5.74, 6) is 0. The molecule has 1 nitrogen and oxygen atoms in total. The second-order valence-electron chi connectivity index (χ2n) is 3.29. The van der Waals surface area contributed by atoms with Crippen molar-refractivity contribution >= 4 is 11.6 Å². The van der Waals surface area contributed by atoms with Gasteiger partial charge in [0.1, 0.15) is 0 Å². The minimum atomic E-state index is 0.0264. The van der Waals surface area contributed by atoms with Crippen molar-refractivity contribution in [2.75, 3.05) is 0 Å². The van der Waals surface area contributed by atoms with Crippen molar-refractivity contribution in [2.45, 2.75) is 19.4 Å². The molecule has 0 saturated heterocycles. The van der Waals surface area contributed by atoms with Gasteiger partial charge in [-0.3, -0.25) is 0 Å². The van der Waals surface area contributed by atoms with Crippen molar-refractivity contribution in [2.24, 2.45) is 5.73 Å². The molecule has 2 heteroatoms. The quantitative estimate of drug-likeness (QED) is 0.738. The van der Waals surface area contributed by atoms with E-state index in [1.807, 2.05) is 31.2 Å². The highest BCUT2D eigenvalue weighted by atomic mass is 35.5. The maximum atomic E-state index is 5.86. The van der Waals surface area contributed by atoms with E-state index in [9.17, 15) is 0 Å². The van der Waals surface area contributed by atoms with Crippen LogP contribution < -0.4 is 5.73 Å². The average Bonchev–Trinajstić information content (AvgIpc) is 2.04. The Morgan fingerprint density at radius 2 is 2.31 bits per heavy atom. The molecule has 0 unspecified atom stereocenters. The van der Waals surface area contributed by atoms with Crippen molar-refractivity contribution in [1.29, 1.82) is 0 Å². The predicted molar refractivity (Wildman–Crippen MR) is 57.9 cm³/mol. The van der Waals surface area contributed by atoms with Crippen LogP contribution in [-0.2, 0) is 6.42 Å². The number of rotatable bonds is 3.